The van der Waals surface area contributed by atoms with Crippen LogP contribution in [0.2, 0.25) is 0 Å². The van der Waals surface area contributed by atoms with Crippen molar-refractivity contribution >= 4 is 23.2 Å². The van der Waals surface area contributed by atoms with Gasteiger partial charge in [-0.25, -0.2) is 4.39 Å². The Hall–Kier alpha value is -3.09. The molecule has 0 bridgehead atoms. The highest BCUT2D eigenvalue weighted by atomic mass is 19.1. The third-order valence-electron chi connectivity index (χ3n) is 3.89. The van der Waals surface area contributed by atoms with Crippen molar-refractivity contribution < 1.29 is 23.5 Å². The molecule has 2 aromatic rings. The summed E-state index contributed by atoms with van der Waals surface area (Å²) < 4.78 is 24.3. The Balaban J connectivity index is 1.61. The van der Waals surface area contributed by atoms with Crippen LogP contribution >= 0.6 is 0 Å². The molecule has 1 N–H and O–H groups in total. The number of carbonyl (C=O) groups is 2. The topological polar surface area (TPSA) is 67.9 Å². The summed E-state index contributed by atoms with van der Waals surface area (Å²) >= 11 is 0. The predicted molar refractivity (Wildman–Crippen MR) is 95.1 cm³/mol. The van der Waals surface area contributed by atoms with E-state index < -0.39 is 5.82 Å². The number of halogens is 1. The first kappa shape index (κ1) is 17.7. The molecule has 3 rings (SSSR count). The number of nitrogens with one attached hydrogen (secondary N) is 1. The molecule has 6 nitrogen and oxygen atoms in total. The van der Waals surface area contributed by atoms with E-state index in [1.54, 1.807) is 24.3 Å². The average molecular weight is 358 g/mol. The van der Waals surface area contributed by atoms with Crippen LogP contribution in [0.1, 0.15) is 13.3 Å². The summed E-state index contributed by atoms with van der Waals surface area (Å²) in [4.78, 5) is 25.4. The van der Waals surface area contributed by atoms with Gasteiger partial charge in [-0.2, -0.15) is 0 Å². The number of rotatable bonds is 5. The number of fused-ring (bicyclic) bond motifs is 1. The van der Waals surface area contributed by atoms with Crippen LogP contribution in [0.3, 0.4) is 0 Å². The molecule has 0 radical (unpaired) electrons. The molecule has 2 aromatic carbocycles. The second kappa shape index (κ2) is 7.86. The second-order valence-electron chi connectivity index (χ2n) is 5.81. The van der Waals surface area contributed by atoms with Gasteiger partial charge in [0.05, 0.1) is 0 Å². The number of hydrogen-bond acceptors (Lipinski definition) is 4. The Bertz CT molecular complexity index is 825. The van der Waals surface area contributed by atoms with E-state index in [9.17, 15) is 14.0 Å². The number of ether oxygens (including phenoxy) is 2. The van der Waals surface area contributed by atoms with E-state index in [-0.39, 0.29) is 24.8 Å². The van der Waals surface area contributed by atoms with Gasteiger partial charge < -0.3 is 19.7 Å². The van der Waals surface area contributed by atoms with Gasteiger partial charge in [0.2, 0.25) is 11.8 Å². The molecule has 2 amide bonds. The number of carbonyl (C=O) groups excluding carboxylic acids is 2. The lowest BCUT2D eigenvalue weighted by atomic mass is 10.2. The van der Waals surface area contributed by atoms with Crippen molar-refractivity contribution in [3.8, 4) is 11.5 Å². The molecule has 1 aliphatic rings. The molecule has 0 atom stereocenters. The van der Waals surface area contributed by atoms with Gasteiger partial charge in [0.15, 0.2) is 11.5 Å². The van der Waals surface area contributed by atoms with Crippen LogP contribution in [0, 0.1) is 5.82 Å². The summed E-state index contributed by atoms with van der Waals surface area (Å²) in [6.07, 6.45) is 0.0739. The van der Waals surface area contributed by atoms with Crippen molar-refractivity contribution in [2.75, 3.05) is 30.0 Å². The molecule has 0 aliphatic carbocycles. The van der Waals surface area contributed by atoms with Crippen molar-refractivity contribution in [3.63, 3.8) is 0 Å². The molecule has 0 fully saturated rings. The van der Waals surface area contributed by atoms with Crippen LogP contribution in [0.4, 0.5) is 15.8 Å². The molecular formula is C19H19FN2O4. The fraction of sp³-hybridized carbons (Fsp3) is 0.263. The molecule has 0 spiro atoms. The zero-order chi connectivity index (χ0) is 18.5. The van der Waals surface area contributed by atoms with Gasteiger partial charge in [0, 0.05) is 37.3 Å². The number of anilines is 2. The molecule has 0 saturated carbocycles. The maximum absolute atomic E-state index is 13.4. The lowest BCUT2D eigenvalue weighted by molar-refractivity contribution is -0.117. The molecule has 26 heavy (non-hydrogen) atoms. The Morgan fingerprint density at radius 1 is 1.12 bits per heavy atom. The minimum atomic E-state index is -0.436. The lowest BCUT2D eigenvalue weighted by Gasteiger charge is -2.21. The molecule has 7 heteroatoms. The van der Waals surface area contributed by atoms with Crippen molar-refractivity contribution in [2.24, 2.45) is 0 Å². The van der Waals surface area contributed by atoms with Gasteiger partial charge in [0.1, 0.15) is 19.0 Å². The van der Waals surface area contributed by atoms with Crippen LogP contribution in [-0.4, -0.2) is 31.6 Å². The zero-order valence-electron chi connectivity index (χ0n) is 14.3. The third-order valence-corrected chi connectivity index (χ3v) is 3.89. The Morgan fingerprint density at radius 2 is 1.88 bits per heavy atom. The summed E-state index contributed by atoms with van der Waals surface area (Å²) in [5, 5.41) is 2.76. The summed E-state index contributed by atoms with van der Waals surface area (Å²) in [5.74, 6) is 0.267. The van der Waals surface area contributed by atoms with Crippen molar-refractivity contribution in [1.29, 1.82) is 0 Å². The fourth-order valence-electron chi connectivity index (χ4n) is 2.67. The van der Waals surface area contributed by atoms with Crippen LogP contribution < -0.4 is 19.7 Å². The summed E-state index contributed by atoms with van der Waals surface area (Å²) in [7, 11) is 0. The minimum Gasteiger partial charge on any atom is -0.486 e. The van der Waals surface area contributed by atoms with Crippen LogP contribution in [0.15, 0.2) is 42.5 Å². The fourth-order valence-corrected chi connectivity index (χ4v) is 2.67. The predicted octanol–water partition coefficient (Wildman–Crippen LogP) is 2.98. The third kappa shape index (κ3) is 4.30. The van der Waals surface area contributed by atoms with E-state index in [0.29, 0.717) is 36.1 Å². The first-order chi connectivity index (χ1) is 12.5. The van der Waals surface area contributed by atoms with Gasteiger partial charge in [0.25, 0.3) is 0 Å². The number of nitrogens with zero attached hydrogens (tertiary/aromatic N) is 1. The maximum atomic E-state index is 13.4. The lowest BCUT2D eigenvalue weighted by Crippen LogP contribution is -2.32. The number of benzene rings is 2. The first-order valence-electron chi connectivity index (χ1n) is 8.26. The molecule has 0 unspecified atom stereocenters. The molecule has 136 valence electrons. The van der Waals surface area contributed by atoms with Crippen molar-refractivity contribution in [1.82, 2.24) is 0 Å². The maximum Gasteiger partial charge on any atom is 0.226 e. The van der Waals surface area contributed by atoms with E-state index in [4.69, 9.17) is 9.47 Å². The summed E-state index contributed by atoms with van der Waals surface area (Å²) in [5.41, 5.74) is 1.00. The standard InChI is InChI=1S/C19H19FN2O4/c1-13(23)22(16-4-2-3-14(20)11-16)8-7-19(24)21-15-5-6-17-18(12-15)26-10-9-25-17/h2-6,11-12H,7-10H2,1H3,(H,21,24). The highest BCUT2D eigenvalue weighted by Gasteiger charge is 2.16. The largest absolute Gasteiger partial charge is 0.486 e. The molecular weight excluding hydrogens is 339 g/mol. The Labute approximate surface area is 150 Å². The number of amides is 2. The van der Waals surface area contributed by atoms with Crippen LogP contribution in [-0.2, 0) is 9.59 Å². The number of hydrogen-bond donors (Lipinski definition) is 1. The van der Waals surface area contributed by atoms with E-state index in [1.807, 2.05) is 0 Å². The van der Waals surface area contributed by atoms with Crippen LogP contribution in [0.25, 0.3) is 0 Å². The van der Waals surface area contributed by atoms with Gasteiger partial charge in [-0.15, -0.1) is 0 Å². The summed E-state index contributed by atoms with van der Waals surface area (Å²) in [6, 6.07) is 10.9. The highest BCUT2D eigenvalue weighted by Crippen LogP contribution is 2.32. The van der Waals surface area contributed by atoms with Gasteiger partial charge in [-0.1, -0.05) is 6.07 Å². The first-order valence-corrected chi connectivity index (χ1v) is 8.26. The van der Waals surface area contributed by atoms with Gasteiger partial charge >= 0.3 is 0 Å². The van der Waals surface area contributed by atoms with E-state index >= 15 is 0 Å². The van der Waals surface area contributed by atoms with E-state index in [1.165, 1.54) is 30.0 Å². The molecule has 1 aliphatic heterocycles. The van der Waals surface area contributed by atoms with Crippen molar-refractivity contribution in [2.45, 2.75) is 13.3 Å². The molecule has 1 heterocycles. The van der Waals surface area contributed by atoms with Crippen LogP contribution in [0.5, 0.6) is 11.5 Å². The van der Waals surface area contributed by atoms with Gasteiger partial charge in [-0.05, 0) is 30.3 Å². The summed E-state index contributed by atoms with van der Waals surface area (Å²) in [6.45, 7) is 2.49. The SMILES string of the molecule is CC(=O)N(CCC(=O)Nc1ccc2c(c1)OCCO2)c1cccc(F)c1. The Morgan fingerprint density at radius 3 is 2.62 bits per heavy atom. The zero-order valence-corrected chi connectivity index (χ0v) is 14.3. The molecule has 0 aromatic heterocycles. The quantitative estimate of drug-likeness (QED) is 0.892. The minimum absolute atomic E-state index is 0.0739. The van der Waals surface area contributed by atoms with E-state index in [0.717, 1.165) is 0 Å². The average Bonchev–Trinajstić information content (AvgIpc) is 2.61. The van der Waals surface area contributed by atoms with Crippen molar-refractivity contribution in [3.05, 3.63) is 48.3 Å². The monoisotopic (exact) mass is 358 g/mol. The highest BCUT2D eigenvalue weighted by molar-refractivity contribution is 5.95. The smallest absolute Gasteiger partial charge is 0.226 e. The van der Waals surface area contributed by atoms with Gasteiger partial charge in [-0.3, -0.25) is 9.59 Å². The molecule has 0 saturated heterocycles. The normalized spacial score (nSPS) is 12.4. The Kier molecular flexibility index (Phi) is 5.36. The second-order valence-corrected chi connectivity index (χ2v) is 5.81. The van der Waals surface area contributed by atoms with E-state index in [2.05, 4.69) is 5.32 Å².